The summed E-state index contributed by atoms with van der Waals surface area (Å²) in [6.07, 6.45) is 26.5. The van der Waals surface area contributed by atoms with E-state index in [4.69, 9.17) is 34.1 Å². The number of piperazine rings is 1. The van der Waals surface area contributed by atoms with Gasteiger partial charge in [0.15, 0.2) is 22.6 Å². The number of halogens is 1. The molecule has 35 nitrogen and oxygen atoms in total. The predicted octanol–water partition coefficient (Wildman–Crippen LogP) is 15.8. The van der Waals surface area contributed by atoms with Crippen molar-refractivity contribution in [3.05, 3.63) is 245 Å². The van der Waals surface area contributed by atoms with Crippen LogP contribution in [0.3, 0.4) is 0 Å². The Morgan fingerprint density at radius 2 is 0.781 bits per heavy atom. The predicted molar refractivity (Wildman–Crippen MR) is 530 cm³/mol. The second kappa shape index (κ2) is 38.6. The number of amides is 5. The summed E-state index contributed by atoms with van der Waals surface area (Å²) in [5.41, 5.74) is 18.1. The highest BCUT2D eigenvalue weighted by Crippen LogP contribution is 2.40. The highest BCUT2D eigenvalue weighted by atomic mass is 19.1. The van der Waals surface area contributed by atoms with E-state index in [1.54, 1.807) is 47.0 Å². The number of benzene rings is 4. The maximum atomic E-state index is 13.8. The van der Waals surface area contributed by atoms with E-state index in [9.17, 15) is 28.4 Å². The van der Waals surface area contributed by atoms with Crippen molar-refractivity contribution in [2.24, 2.45) is 0 Å². The van der Waals surface area contributed by atoms with Crippen LogP contribution in [0.1, 0.15) is 150 Å². The van der Waals surface area contributed by atoms with Crippen molar-refractivity contribution in [3.8, 4) is 11.5 Å². The molecular formula is C101H110FN27O8. The largest absolute Gasteiger partial charge is 0.495 e. The number of piperidine rings is 1. The summed E-state index contributed by atoms with van der Waals surface area (Å²) >= 11 is 0. The second-order valence-electron chi connectivity index (χ2n) is 36.8. The van der Waals surface area contributed by atoms with Crippen LogP contribution >= 0.6 is 0 Å². The first-order valence-corrected chi connectivity index (χ1v) is 46.3. The lowest BCUT2D eigenvalue weighted by Gasteiger charge is -2.33. The van der Waals surface area contributed by atoms with E-state index >= 15 is 0 Å². The average molecular weight is 1850 g/mol. The number of allylic oxidation sites excluding steroid dienone is 4. The van der Waals surface area contributed by atoms with Crippen molar-refractivity contribution in [2.45, 2.75) is 153 Å². The average Bonchev–Trinajstić information content (AvgIpc) is 1.66. The molecule has 0 unspecified atom stereocenters. The Hall–Kier alpha value is -15.9. The molecule has 0 spiro atoms. The standard InChI is InChI=1S/C31H37N7O3.C25H28N8O.C23H24N6O2.C22H21FN6O2/c1-19-22(16-28(39)33-19)15-23-18-32-38-27(35-25-9-10-25)17-26(36-29(23)38)34-24-7-5-20(6-8-24)21-11-13-37(14-12-21)30(40)41-31(2,3)4;1-16-17(13-24(34)28-16)12-18-15-27-33-23(30-20-2-3-20)14-22(31-25(18)33)29-19-4-6-21(7-5-19)32-10-8-26-9-11-32;1-13-4-7-19(31-3)18(8-13)27-20-11-21(26-17-5-6-17)29-23(28-20)16(12-24-29)9-15-10-22(30)25-14(15)2;1-12-13(8-21(30)25-12)7-14-11-24-29-20(26-16-4-5-16)10-19(28-22(14)29)27-17-9-15(23)3-6-18(17)31-2/h5-8,15,17-18,21,25,35H,1,9-14,16H2,2-4H3,(H,33,39)(H,34,36);4-7,12,14-15,20,26,30H,1-3,8-11,13H2,(H,28,34)(H,29,31);4,7-9,11-12,17,26H,2,5-6,10H2,1,3H3,(H,25,30)(H,27,28);3,6-7,9-11,16,26H,1,4-5,8H2,2H3,(H,25,30)(H,27,28)/b22-15+;17-12+;15-9+;13-7+. The van der Waals surface area contributed by atoms with E-state index in [-0.39, 0.29) is 42.0 Å². The number of ether oxygens (including phenoxy) is 3. The molecule has 137 heavy (non-hydrogen) atoms. The van der Waals surface area contributed by atoms with Crippen LogP contribution in [0.15, 0.2) is 205 Å². The summed E-state index contributed by atoms with van der Waals surface area (Å²) in [6.45, 7) is 28.9. The van der Waals surface area contributed by atoms with Crippen LogP contribution in [0.5, 0.6) is 11.5 Å². The molecule has 10 aliphatic rings. The van der Waals surface area contributed by atoms with E-state index in [0.717, 1.165) is 198 Å². The maximum Gasteiger partial charge on any atom is 0.410 e. The van der Waals surface area contributed by atoms with E-state index in [1.165, 1.54) is 30.5 Å². The van der Waals surface area contributed by atoms with Crippen LogP contribution in [0.2, 0.25) is 0 Å². The Kier molecular flexibility index (Phi) is 25.4. The van der Waals surface area contributed by atoms with Crippen molar-refractivity contribution in [2.75, 3.05) is 101 Å². The fourth-order valence-electron chi connectivity index (χ4n) is 16.8. The summed E-state index contributed by atoms with van der Waals surface area (Å²) in [5.74, 6) is 7.09. The van der Waals surface area contributed by atoms with Gasteiger partial charge < -0.3 is 93.1 Å². The van der Waals surface area contributed by atoms with Crippen LogP contribution < -0.4 is 83.5 Å². The lowest BCUT2D eigenvalue weighted by atomic mass is 9.89. The first-order chi connectivity index (χ1) is 66.2. The molecular weight excluding hydrogens is 1740 g/mol. The monoisotopic (exact) mass is 1850 g/mol. The Bertz CT molecular complexity index is 6730. The molecule has 6 aliphatic heterocycles. The number of likely N-dealkylation sites (tertiary alicyclic amines) is 1. The number of hydrogen-bond donors (Lipinski definition) is 13. The third-order valence-electron chi connectivity index (χ3n) is 24.6. The van der Waals surface area contributed by atoms with Crippen molar-refractivity contribution < 1.29 is 42.6 Å². The number of hydrogen-bond acceptors (Lipinski definition) is 26. The van der Waals surface area contributed by atoms with Gasteiger partial charge in [0, 0.05) is 156 Å². The molecule has 0 bridgehead atoms. The molecule has 10 fully saturated rings. The number of methoxy groups -OCH3 is 2. The van der Waals surface area contributed by atoms with Gasteiger partial charge in [0.2, 0.25) is 23.6 Å². The van der Waals surface area contributed by atoms with Crippen LogP contribution in [0, 0.1) is 12.7 Å². The number of carbonyl (C=O) groups excluding carboxylic acids is 5. The van der Waals surface area contributed by atoms with Gasteiger partial charge in [-0.05, 0) is 216 Å². The fourth-order valence-corrected chi connectivity index (χ4v) is 16.8. The minimum absolute atomic E-state index is 0.0385. The molecule has 22 rings (SSSR count). The molecule has 14 heterocycles. The van der Waals surface area contributed by atoms with E-state index in [1.807, 2.05) is 108 Å². The Morgan fingerprint density at radius 3 is 1.12 bits per heavy atom. The number of aromatic nitrogens is 12. The maximum absolute atomic E-state index is 13.8. The molecule has 4 aliphatic carbocycles. The first-order valence-electron chi connectivity index (χ1n) is 46.3. The molecule has 704 valence electrons. The number of anilines is 13. The van der Waals surface area contributed by atoms with Gasteiger partial charge in [-0.2, -0.15) is 38.5 Å². The Labute approximate surface area is 790 Å². The topological polar surface area (TPSA) is 397 Å². The summed E-state index contributed by atoms with van der Waals surface area (Å²) in [4.78, 5) is 82.8. The summed E-state index contributed by atoms with van der Waals surface area (Å²) in [7, 11) is 3.18. The lowest BCUT2D eigenvalue weighted by Crippen LogP contribution is -2.43. The molecule has 8 aromatic heterocycles. The van der Waals surface area contributed by atoms with Gasteiger partial charge in [-0.3, -0.25) is 19.2 Å². The molecule has 36 heteroatoms. The minimum atomic E-state index is -0.481. The van der Waals surface area contributed by atoms with Gasteiger partial charge in [-0.15, -0.1) is 0 Å². The van der Waals surface area contributed by atoms with Crippen molar-refractivity contribution in [1.29, 1.82) is 0 Å². The van der Waals surface area contributed by atoms with Gasteiger partial charge in [-0.25, -0.2) is 29.1 Å². The Morgan fingerprint density at radius 1 is 0.438 bits per heavy atom. The number of nitrogens with zero attached hydrogens (tertiary/aromatic N) is 14. The normalized spacial score (nSPS) is 18.4. The summed E-state index contributed by atoms with van der Waals surface area (Å²) in [5, 5.41) is 60.1. The number of aryl methyl sites for hydroxylation is 1. The highest BCUT2D eigenvalue weighted by Gasteiger charge is 2.33. The fraction of sp³-hybridized carbons (Fsp3) is 0.317. The van der Waals surface area contributed by atoms with Crippen LogP contribution in [0.25, 0.3) is 46.9 Å². The zero-order valence-electron chi connectivity index (χ0n) is 77.3. The molecule has 12 aromatic rings. The quantitative estimate of drug-likeness (QED) is 0.0267. The highest BCUT2D eigenvalue weighted by molar-refractivity contribution is 5.93. The third-order valence-corrected chi connectivity index (χ3v) is 24.6. The minimum Gasteiger partial charge on any atom is -0.495 e. The van der Waals surface area contributed by atoms with E-state index in [2.05, 4.69) is 169 Å². The van der Waals surface area contributed by atoms with E-state index < -0.39 is 5.60 Å². The van der Waals surface area contributed by atoms with Gasteiger partial charge in [0.25, 0.3) is 0 Å². The summed E-state index contributed by atoms with van der Waals surface area (Å²) in [6, 6.07) is 36.7. The van der Waals surface area contributed by atoms with Gasteiger partial charge >= 0.3 is 6.09 Å². The number of rotatable bonds is 24. The van der Waals surface area contributed by atoms with Crippen LogP contribution in [0.4, 0.5) is 84.2 Å². The number of nitrogens with one attached hydrogen (secondary N) is 13. The zero-order valence-corrected chi connectivity index (χ0v) is 77.3. The molecule has 6 saturated heterocycles. The Balaban J connectivity index is 0.000000118. The van der Waals surface area contributed by atoms with Crippen molar-refractivity contribution in [1.82, 2.24) is 89.9 Å². The second-order valence-corrected chi connectivity index (χ2v) is 36.8. The van der Waals surface area contributed by atoms with E-state index in [0.29, 0.717) is 131 Å². The molecule has 0 radical (unpaired) electrons. The molecule has 13 N–H and O–H groups in total. The first kappa shape index (κ1) is 90.3. The van der Waals surface area contributed by atoms with Gasteiger partial charge in [0.1, 0.15) is 69.5 Å². The molecule has 0 atom stereocenters. The third kappa shape index (κ3) is 21.8. The van der Waals surface area contributed by atoms with Crippen molar-refractivity contribution in [3.63, 3.8) is 0 Å². The van der Waals surface area contributed by atoms with Crippen LogP contribution in [-0.2, 0) is 23.9 Å². The van der Waals surface area contributed by atoms with Crippen LogP contribution in [-0.4, -0.2) is 176 Å². The SMILES string of the molecule is C=C1NC(=O)C/C1=C\c1cnn2c(NC3CC3)cc(Nc3cc(C)ccc3OC)nc12.C=C1NC(=O)C/C1=C\c1cnn2c(NC3CC3)cc(Nc3cc(F)ccc3OC)nc12.C=C1NC(=O)C/C1=C\c1cnn2c(NC3CC3)cc(Nc3ccc(C4CCN(C(=O)OC(C)(C)C)CC4)cc3)nc12.C=C1NC(=O)C/C1=C\c1cnn2c(NC3CC3)cc(Nc3ccc(N4CCNCC4)cc3)nc12. The summed E-state index contributed by atoms with van der Waals surface area (Å²) < 4.78 is 37.4. The smallest absolute Gasteiger partial charge is 0.410 e. The van der Waals surface area contributed by atoms with Gasteiger partial charge in [-0.1, -0.05) is 44.5 Å². The zero-order chi connectivity index (χ0) is 94.9. The number of carbonyl (C=O) groups is 5. The van der Waals surface area contributed by atoms with Gasteiger partial charge in [0.05, 0.1) is 76.1 Å². The molecule has 5 amide bonds. The number of fused-ring (bicyclic) bond motifs is 4. The lowest BCUT2D eigenvalue weighted by molar-refractivity contribution is -0.119. The molecule has 4 saturated carbocycles. The molecule has 4 aromatic carbocycles. The van der Waals surface area contributed by atoms with Crippen molar-refractivity contribution >= 4 is 152 Å².